The molecule has 0 unspecified atom stereocenters. The van der Waals surface area contributed by atoms with Crippen LogP contribution in [0.1, 0.15) is 21.5 Å². The van der Waals surface area contributed by atoms with Crippen molar-refractivity contribution in [2.75, 3.05) is 0 Å². The zero-order valence-corrected chi connectivity index (χ0v) is 12.7. The third-order valence-corrected chi connectivity index (χ3v) is 4.31. The van der Waals surface area contributed by atoms with Crippen molar-refractivity contribution in [1.82, 2.24) is 10.3 Å². The van der Waals surface area contributed by atoms with E-state index in [1.807, 2.05) is 31.2 Å². The Kier molecular flexibility index (Phi) is 3.68. The van der Waals surface area contributed by atoms with Crippen molar-refractivity contribution in [2.24, 2.45) is 0 Å². The number of hydrogen-bond acceptors (Lipinski definition) is 4. The molecule has 3 rings (SSSR count). The van der Waals surface area contributed by atoms with Gasteiger partial charge in [-0.1, -0.05) is 29.8 Å². The zero-order valence-electron chi connectivity index (χ0n) is 11.8. The van der Waals surface area contributed by atoms with Gasteiger partial charge in [0.15, 0.2) is 5.75 Å². The van der Waals surface area contributed by atoms with Crippen LogP contribution in [-0.4, -0.2) is 16.0 Å². The molecular formula is C16H14N2O3S. The molecule has 22 heavy (non-hydrogen) atoms. The van der Waals surface area contributed by atoms with Crippen LogP contribution in [0.2, 0.25) is 0 Å². The minimum Gasteiger partial charge on any atom is -0.505 e. The summed E-state index contributed by atoms with van der Waals surface area (Å²) in [5.41, 5.74) is 1.74. The number of aromatic hydroxyl groups is 1. The topological polar surface area (TPSA) is 82.2 Å². The lowest BCUT2D eigenvalue weighted by atomic mass is 10.1. The van der Waals surface area contributed by atoms with Gasteiger partial charge in [0.25, 0.3) is 11.5 Å². The third-order valence-electron chi connectivity index (χ3n) is 3.39. The second-order valence-electron chi connectivity index (χ2n) is 5.01. The van der Waals surface area contributed by atoms with Crippen molar-refractivity contribution < 1.29 is 9.90 Å². The van der Waals surface area contributed by atoms with E-state index in [0.717, 1.165) is 11.1 Å². The summed E-state index contributed by atoms with van der Waals surface area (Å²) in [6.45, 7) is 2.27. The average molecular weight is 314 g/mol. The molecule has 6 heteroatoms. The number of pyridine rings is 1. The Labute approximate surface area is 130 Å². The highest BCUT2D eigenvalue weighted by Gasteiger charge is 2.19. The number of amides is 1. The summed E-state index contributed by atoms with van der Waals surface area (Å²) >= 11 is 1.27. The molecule has 3 N–H and O–H groups in total. The molecule has 112 valence electrons. The first kappa shape index (κ1) is 14.3. The van der Waals surface area contributed by atoms with Crippen LogP contribution in [0.3, 0.4) is 0 Å². The molecule has 0 aliphatic carbocycles. The van der Waals surface area contributed by atoms with E-state index in [4.69, 9.17) is 0 Å². The van der Waals surface area contributed by atoms with Gasteiger partial charge in [-0.15, -0.1) is 11.3 Å². The highest BCUT2D eigenvalue weighted by Crippen LogP contribution is 2.29. The largest absolute Gasteiger partial charge is 0.505 e. The smallest absolute Gasteiger partial charge is 0.265 e. The van der Waals surface area contributed by atoms with Crippen LogP contribution in [0.5, 0.6) is 5.75 Å². The molecule has 0 aliphatic rings. The molecule has 0 radical (unpaired) electrons. The Bertz CT molecular complexity index is 894. The number of rotatable bonds is 3. The summed E-state index contributed by atoms with van der Waals surface area (Å²) in [6.07, 6.45) is 0. The number of fused-ring (bicyclic) bond motifs is 1. The summed E-state index contributed by atoms with van der Waals surface area (Å²) in [7, 11) is 0. The molecule has 0 fully saturated rings. The van der Waals surface area contributed by atoms with Crippen molar-refractivity contribution >= 4 is 27.5 Å². The van der Waals surface area contributed by atoms with E-state index in [1.54, 1.807) is 11.4 Å². The number of carbonyl (C=O) groups excluding carboxylic acids is 1. The maximum Gasteiger partial charge on any atom is 0.265 e. The van der Waals surface area contributed by atoms with Gasteiger partial charge in [-0.3, -0.25) is 9.59 Å². The first-order valence-corrected chi connectivity index (χ1v) is 7.60. The normalized spacial score (nSPS) is 10.8. The van der Waals surface area contributed by atoms with Gasteiger partial charge in [-0.25, -0.2) is 0 Å². The summed E-state index contributed by atoms with van der Waals surface area (Å²) in [4.78, 5) is 26.8. The SMILES string of the molecule is Cc1ccc(CNC(=O)c2c(O)c3sccc3[nH]c2=O)cc1. The molecule has 2 heterocycles. The van der Waals surface area contributed by atoms with E-state index in [2.05, 4.69) is 10.3 Å². The van der Waals surface area contributed by atoms with Gasteiger partial charge in [0.2, 0.25) is 0 Å². The Hall–Kier alpha value is -2.60. The van der Waals surface area contributed by atoms with E-state index in [-0.39, 0.29) is 11.3 Å². The molecular weight excluding hydrogens is 300 g/mol. The maximum absolute atomic E-state index is 12.2. The van der Waals surface area contributed by atoms with Gasteiger partial charge < -0.3 is 15.4 Å². The van der Waals surface area contributed by atoms with Crippen LogP contribution in [-0.2, 0) is 6.54 Å². The van der Waals surface area contributed by atoms with E-state index in [1.165, 1.54) is 11.3 Å². The molecule has 1 aromatic carbocycles. The molecule has 3 aromatic rings. The zero-order chi connectivity index (χ0) is 15.7. The quantitative estimate of drug-likeness (QED) is 0.695. The molecule has 0 spiro atoms. The maximum atomic E-state index is 12.2. The third kappa shape index (κ3) is 2.60. The van der Waals surface area contributed by atoms with Gasteiger partial charge in [-0.2, -0.15) is 0 Å². The highest BCUT2D eigenvalue weighted by molar-refractivity contribution is 7.17. The first-order chi connectivity index (χ1) is 10.6. The van der Waals surface area contributed by atoms with Crippen LogP contribution >= 0.6 is 11.3 Å². The van der Waals surface area contributed by atoms with Gasteiger partial charge in [0.1, 0.15) is 5.56 Å². The Morgan fingerprint density at radius 2 is 2.00 bits per heavy atom. The van der Waals surface area contributed by atoms with Gasteiger partial charge in [-0.05, 0) is 23.9 Å². The summed E-state index contributed by atoms with van der Waals surface area (Å²) in [5.74, 6) is -0.857. The standard InChI is InChI=1S/C16H14N2O3S/c1-9-2-4-10(5-3-9)8-17-15(20)12-13(19)14-11(6-7-22-14)18-16(12)21/h2-7H,8H2,1H3,(H,17,20)(H2,18,19,21). The number of benzene rings is 1. The van der Waals surface area contributed by atoms with Crippen LogP contribution in [0.25, 0.3) is 10.2 Å². The number of thiophene rings is 1. The van der Waals surface area contributed by atoms with E-state index in [0.29, 0.717) is 16.8 Å². The fraction of sp³-hybridized carbons (Fsp3) is 0.125. The lowest BCUT2D eigenvalue weighted by Gasteiger charge is -2.07. The predicted octanol–water partition coefficient (Wildman–Crippen LogP) is 2.53. The fourth-order valence-corrected chi connectivity index (χ4v) is 2.98. The number of H-pyrrole nitrogens is 1. The van der Waals surface area contributed by atoms with Crippen molar-refractivity contribution in [1.29, 1.82) is 0 Å². The number of nitrogens with one attached hydrogen (secondary N) is 2. The highest BCUT2D eigenvalue weighted by atomic mass is 32.1. The van der Waals surface area contributed by atoms with Crippen LogP contribution in [0.4, 0.5) is 0 Å². The Morgan fingerprint density at radius 3 is 2.73 bits per heavy atom. The summed E-state index contributed by atoms with van der Waals surface area (Å²) < 4.78 is 0.500. The molecule has 0 aliphatic heterocycles. The Balaban J connectivity index is 1.86. The average Bonchev–Trinajstić information content (AvgIpc) is 2.95. The molecule has 5 nitrogen and oxygen atoms in total. The van der Waals surface area contributed by atoms with Gasteiger partial charge in [0, 0.05) is 6.54 Å². The monoisotopic (exact) mass is 314 g/mol. The molecule has 0 saturated carbocycles. The van der Waals surface area contributed by atoms with Crippen molar-refractivity contribution in [2.45, 2.75) is 13.5 Å². The van der Waals surface area contributed by atoms with Crippen LogP contribution in [0.15, 0.2) is 40.5 Å². The lowest BCUT2D eigenvalue weighted by Crippen LogP contribution is -2.29. The predicted molar refractivity (Wildman–Crippen MR) is 86.5 cm³/mol. The number of aryl methyl sites for hydroxylation is 1. The number of aromatic amines is 1. The molecule has 0 bridgehead atoms. The first-order valence-electron chi connectivity index (χ1n) is 6.72. The summed E-state index contributed by atoms with van der Waals surface area (Å²) in [6, 6.07) is 9.40. The fourth-order valence-electron chi connectivity index (χ4n) is 2.18. The molecule has 0 atom stereocenters. The summed E-state index contributed by atoms with van der Waals surface area (Å²) in [5, 5.41) is 14.6. The van der Waals surface area contributed by atoms with Crippen molar-refractivity contribution in [3.05, 3.63) is 62.8 Å². The van der Waals surface area contributed by atoms with Crippen LogP contribution in [0, 0.1) is 6.92 Å². The molecule has 0 saturated heterocycles. The van der Waals surface area contributed by atoms with E-state index in [9.17, 15) is 14.7 Å². The van der Waals surface area contributed by atoms with Crippen LogP contribution < -0.4 is 10.9 Å². The van der Waals surface area contributed by atoms with E-state index < -0.39 is 11.5 Å². The number of hydrogen-bond donors (Lipinski definition) is 3. The van der Waals surface area contributed by atoms with Gasteiger partial charge >= 0.3 is 0 Å². The molecule has 2 aromatic heterocycles. The van der Waals surface area contributed by atoms with Gasteiger partial charge in [0.05, 0.1) is 10.2 Å². The Morgan fingerprint density at radius 1 is 1.27 bits per heavy atom. The lowest BCUT2D eigenvalue weighted by molar-refractivity contribution is 0.0947. The minimum atomic E-state index is -0.593. The van der Waals surface area contributed by atoms with Crippen molar-refractivity contribution in [3.8, 4) is 5.75 Å². The second-order valence-corrected chi connectivity index (χ2v) is 5.93. The van der Waals surface area contributed by atoms with Crippen molar-refractivity contribution in [3.63, 3.8) is 0 Å². The molecule has 1 amide bonds. The minimum absolute atomic E-state index is 0.248. The number of aromatic nitrogens is 1. The number of carbonyl (C=O) groups is 1. The second kappa shape index (κ2) is 5.65. The van der Waals surface area contributed by atoms with E-state index >= 15 is 0 Å².